The van der Waals surface area contributed by atoms with Crippen LogP contribution < -0.4 is 10.3 Å². The van der Waals surface area contributed by atoms with Crippen LogP contribution in [0.25, 0.3) is 0 Å². The predicted octanol–water partition coefficient (Wildman–Crippen LogP) is 3.27. The van der Waals surface area contributed by atoms with Crippen LogP contribution in [0.15, 0.2) is 35.1 Å². The molecule has 0 aliphatic carbocycles. The van der Waals surface area contributed by atoms with Crippen LogP contribution in [0.2, 0.25) is 0 Å². The summed E-state index contributed by atoms with van der Waals surface area (Å²) in [5.41, 5.74) is 1.66. The number of methoxy groups -OCH3 is 1. The number of hydrogen-bond donors (Lipinski definition) is 1. The number of likely N-dealkylation sites (tertiary alicyclic amines) is 1. The Morgan fingerprint density at radius 2 is 1.82 bits per heavy atom. The van der Waals surface area contributed by atoms with Crippen LogP contribution in [-0.4, -0.2) is 60.6 Å². The van der Waals surface area contributed by atoms with Crippen molar-refractivity contribution in [2.24, 2.45) is 5.92 Å². The van der Waals surface area contributed by atoms with Gasteiger partial charge in [0.15, 0.2) is 0 Å². The molecule has 0 unspecified atom stereocenters. The average Bonchev–Trinajstić information content (AvgIpc) is 2.83. The van der Waals surface area contributed by atoms with Crippen LogP contribution in [0, 0.1) is 12.8 Å². The second kappa shape index (κ2) is 12.0. The molecular weight excluding hydrogens is 436 g/mol. The second-order valence-electron chi connectivity index (χ2n) is 8.50. The highest BCUT2D eigenvalue weighted by molar-refractivity contribution is 5.72. The van der Waals surface area contributed by atoms with E-state index in [0.717, 1.165) is 11.3 Å². The zero-order chi connectivity index (χ0) is 24.7. The first-order valence-electron chi connectivity index (χ1n) is 12.0. The number of aryl methyl sites for hydroxylation is 1. The molecule has 8 heteroatoms. The minimum absolute atomic E-state index is 0.0254. The number of aromatic nitrogens is 1. The standard InChI is InChI=1S/C26H36N2O6/c1-5-33-21-9-7-19(8-10-21)24(27-13-11-20(12-14-27)26(31)34-6-2)23-22(29)17-18(3)28(25(23)30)15-16-32-4/h7-10,17,20,24,29H,5-6,11-16H2,1-4H3/t24-/m1/s1. The van der Waals surface area contributed by atoms with Gasteiger partial charge in [-0.25, -0.2) is 0 Å². The molecule has 0 bridgehead atoms. The monoisotopic (exact) mass is 472 g/mol. The fourth-order valence-electron chi connectivity index (χ4n) is 4.61. The second-order valence-corrected chi connectivity index (χ2v) is 8.50. The van der Waals surface area contributed by atoms with Crippen LogP contribution in [0.3, 0.4) is 0 Å². The van der Waals surface area contributed by atoms with Crippen molar-refractivity contribution in [3.8, 4) is 11.5 Å². The Balaban J connectivity index is 2.01. The van der Waals surface area contributed by atoms with Crippen molar-refractivity contribution in [2.45, 2.75) is 46.2 Å². The van der Waals surface area contributed by atoms with E-state index in [1.54, 1.807) is 24.7 Å². The van der Waals surface area contributed by atoms with E-state index in [0.29, 0.717) is 63.6 Å². The van der Waals surface area contributed by atoms with Crippen molar-refractivity contribution in [3.63, 3.8) is 0 Å². The molecule has 0 amide bonds. The Kier molecular flexibility index (Phi) is 9.12. The third-order valence-electron chi connectivity index (χ3n) is 6.34. The van der Waals surface area contributed by atoms with Crippen molar-refractivity contribution in [1.82, 2.24) is 9.47 Å². The predicted molar refractivity (Wildman–Crippen MR) is 129 cm³/mol. The molecule has 2 aromatic rings. The van der Waals surface area contributed by atoms with E-state index in [1.807, 2.05) is 38.1 Å². The van der Waals surface area contributed by atoms with Gasteiger partial charge in [0.25, 0.3) is 5.56 Å². The highest BCUT2D eigenvalue weighted by atomic mass is 16.5. The maximum Gasteiger partial charge on any atom is 0.309 e. The van der Waals surface area contributed by atoms with E-state index in [4.69, 9.17) is 14.2 Å². The SMILES string of the molecule is CCOC(=O)C1CCN([C@H](c2ccc(OCC)cc2)c2c(O)cc(C)n(CCOC)c2=O)CC1. The summed E-state index contributed by atoms with van der Waals surface area (Å²) in [5, 5.41) is 11.0. The van der Waals surface area contributed by atoms with Crippen LogP contribution in [-0.2, 0) is 20.8 Å². The number of esters is 1. The quantitative estimate of drug-likeness (QED) is 0.531. The Morgan fingerprint density at radius 1 is 1.15 bits per heavy atom. The fourth-order valence-corrected chi connectivity index (χ4v) is 4.61. The van der Waals surface area contributed by atoms with Crippen molar-refractivity contribution >= 4 is 5.97 Å². The normalized spacial score (nSPS) is 15.8. The number of carbonyl (C=O) groups excluding carboxylic acids is 1. The third-order valence-corrected chi connectivity index (χ3v) is 6.34. The lowest BCUT2D eigenvalue weighted by atomic mass is 9.91. The van der Waals surface area contributed by atoms with Gasteiger partial charge in [0, 0.05) is 19.3 Å². The number of aromatic hydroxyl groups is 1. The molecule has 0 saturated carbocycles. The molecule has 186 valence electrons. The van der Waals surface area contributed by atoms with E-state index in [1.165, 1.54) is 0 Å². The first kappa shape index (κ1) is 25.8. The number of ether oxygens (including phenoxy) is 3. The summed E-state index contributed by atoms with van der Waals surface area (Å²) in [6, 6.07) is 8.81. The number of benzene rings is 1. The largest absolute Gasteiger partial charge is 0.507 e. The molecule has 1 aliphatic rings. The van der Waals surface area contributed by atoms with Gasteiger partial charge in [-0.2, -0.15) is 0 Å². The molecule has 1 N–H and O–H groups in total. The van der Waals surface area contributed by atoms with E-state index < -0.39 is 6.04 Å². The molecule has 1 aliphatic heterocycles. The zero-order valence-electron chi connectivity index (χ0n) is 20.6. The Hall–Kier alpha value is -2.84. The van der Waals surface area contributed by atoms with Gasteiger partial charge in [0.1, 0.15) is 11.5 Å². The first-order valence-corrected chi connectivity index (χ1v) is 12.0. The Bertz CT molecular complexity index is 1010. The molecule has 1 aromatic heterocycles. The molecule has 3 rings (SSSR count). The van der Waals surface area contributed by atoms with Gasteiger partial charge < -0.3 is 23.9 Å². The molecule has 0 radical (unpaired) electrons. The maximum absolute atomic E-state index is 13.6. The highest BCUT2D eigenvalue weighted by Crippen LogP contribution is 2.36. The average molecular weight is 473 g/mol. The summed E-state index contributed by atoms with van der Waals surface area (Å²) in [4.78, 5) is 28.0. The van der Waals surface area contributed by atoms with Gasteiger partial charge in [0.2, 0.25) is 0 Å². The number of hydrogen-bond acceptors (Lipinski definition) is 7. The molecule has 0 spiro atoms. The number of pyridine rings is 1. The van der Waals surface area contributed by atoms with Crippen LogP contribution in [0.4, 0.5) is 0 Å². The van der Waals surface area contributed by atoms with Crippen molar-refractivity contribution in [1.29, 1.82) is 0 Å². The molecule has 1 saturated heterocycles. The third kappa shape index (κ3) is 5.80. The smallest absolute Gasteiger partial charge is 0.309 e. The fraction of sp³-hybridized carbons (Fsp3) is 0.538. The van der Waals surface area contributed by atoms with Crippen molar-refractivity contribution in [3.05, 3.63) is 57.5 Å². The topological polar surface area (TPSA) is 90.2 Å². The number of rotatable bonds is 10. The van der Waals surface area contributed by atoms with Gasteiger partial charge in [-0.05, 0) is 70.5 Å². The van der Waals surface area contributed by atoms with E-state index in [9.17, 15) is 14.7 Å². The number of piperidine rings is 1. The van der Waals surface area contributed by atoms with Crippen LogP contribution in [0.5, 0.6) is 11.5 Å². The summed E-state index contributed by atoms with van der Waals surface area (Å²) in [5.74, 6) is 0.404. The van der Waals surface area contributed by atoms with Gasteiger partial charge in [-0.3, -0.25) is 14.5 Å². The van der Waals surface area contributed by atoms with Gasteiger partial charge in [-0.15, -0.1) is 0 Å². The molecule has 1 atom stereocenters. The van der Waals surface area contributed by atoms with Crippen molar-refractivity contribution in [2.75, 3.05) is 40.0 Å². The summed E-state index contributed by atoms with van der Waals surface area (Å²) >= 11 is 0. The first-order chi connectivity index (χ1) is 16.4. The van der Waals surface area contributed by atoms with Crippen molar-refractivity contribution < 1.29 is 24.1 Å². The lowest BCUT2D eigenvalue weighted by Crippen LogP contribution is -2.42. The summed E-state index contributed by atoms with van der Waals surface area (Å²) in [6.45, 7) is 8.47. The van der Waals surface area contributed by atoms with Crippen LogP contribution >= 0.6 is 0 Å². The summed E-state index contributed by atoms with van der Waals surface area (Å²) in [7, 11) is 1.60. The minimum atomic E-state index is -0.458. The minimum Gasteiger partial charge on any atom is -0.507 e. The lowest BCUT2D eigenvalue weighted by Gasteiger charge is -2.37. The maximum atomic E-state index is 13.6. The van der Waals surface area contributed by atoms with E-state index >= 15 is 0 Å². The van der Waals surface area contributed by atoms with E-state index in [-0.39, 0.29) is 23.2 Å². The zero-order valence-corrected chi connectivity index (χ0v) is 20.6. The van der Waals surface area contributed by atoms with Gasteiger partial charge in [0.05, 0.1) is 37.3 Å². The Labute approximate surface area is 201 Å². The summed E-state index contributed by atoms with van der Waals surface area (Å²) < 4.78 is 17.6. The molecule has 2 heterocycles. The molecule has 34 heavy (non-hydrogen) atoms. The molecule has 8 nitrogen and oxygen atoms in total. The molecule has 1 fully saturated rings. The lowest BCUT2D eigenvalue weighted by molar-refractivity contribution is -0.149. The number of carbonyl (C=O) groups is 1. The van der Waals surface area contributed by atoms with E-state index in [2.05, 4.69) is 4.90 Å². The Morgan fingerprint density at radius 3 is 2.41 bits per heavy atom. The van der Waals surface area contributed by atoms with Crippen LogP contribution in [0.1, 0.15) is 49.6 Å². The molecule has 1 aromatic carbocycles. The van der Waals surface area contributed by atoms with Gasteiger partial charge >= 0.3 is 5.97 Å². The number of nitrogens with zero attached hydrogens (tertiary/aromatic N) is 2. The molecular formula is C26H36N2O6. The van der Waals surface area contributed by atoms with Gasteiger partial charge in [-0.1, -0.05) is 12.1 Å². The highest BCUT2D eigenvalue weighted by Gasteiger charge is 2.34. The summed E-state index contributed by atoms with van der Waals surface area (Å²) in [6.07, 6.45) is 1.27.